The maximum Gasteiger partial charge on any atom is 0.127 e. The third-order valence-corrected chi connectivity index (χ3v) is 5.18. The fraction of sp³-hybridized carbons (Fsp3) is 0.786. The summed E-state index contributed by atoms with van der Waals surface area (Å²) in [6, 6.07) is 0.623. The van der Waals surface area contributed by atoms with E-state index >= 15 is 0 Å². The molecule has 0 bridgehead atoms. The Balaban J connectivity index is 1.93. The maximum atomic E-state index is 4.85. The smallest absolute Gasteiger partial charge is 0.127 e. The van der Waals surface area contributed by atoms with Crippen LogP contribution in [0.4, 0.5) is 0 Å². The van der Waals surface area contributed by atoms with Crippen molar-refractivity contribution < 1.29 is 0 Å². The van der Waals surface area contributed by atoms with Crippen LogP contribution in [0.3, 0.4) is 0 Å². The van der Waals surface area contributed by atoms with Gasteiger partial charge < -0.3 is 9.47 Å². The third kappa shape index (κ3) is 2.03. The van der Waals surface area contributed by atoms with Crippen LogP contribution in [0, 0.1) is 0 Å². The van der Waals surface area contributed by atoms with E-state index in [0.29, 0.717) is 12.0 Å². The summed E-state index contributed by atoms with van der Waals surface area (Å²) in [6.45, 7) is 8.18. The Kier molecular flexibility index (Phi) is 3.50. The van der Waals surface area contributed by atoms with Gasteiger partial charge in [0.2, 0.25) is 0 Å². The van der Waals surface area contributed by atoms with Gasteiger partial charge in [-0.05, 0) is 61.6 Å². The molecule has 3 rings (SSSR count). The largest absolute Gasteiger partial charge is 0.328 e. The first-order chi connectivity index (χ1) is 8.70. The Morgan fingerprint density at radius 3 is 2.94 bits per heavy atom. The van der Waals surface area contributed by atoms with Crippen LogP contribution >= 0.6 is 15.9 Å². The lowest BCUT2D eigenvalue weighted by Crippen LogP contribution is -2.22. The molecule has 2 aliphatic rings. The second-order valence-corrected chi connectivity index (χ2v) is 6.45. The molecule has 0 saturated carbocycles. The molecule has 0 amide bonds. The van der Waals surface area contributed by atoms with Gasteiger partial charge in [0.15, 0.2) is 0 Å². The van der Waals surface area contributed by atoms with Crippen molar-refractivity contribution in [2.45, 2.75) is 51.5 Å². The molecule has 0 aromatic carbocycles. The average molecular weight is 312 g/mol. The number of imidazole rings is 1. The standard InChI is InChI=1S/C14H22BrN3/c1-3-17-8-7-11(9-17)14-16-13(15)12-6-4-5-10(2)18(12)14/h10-11H,3-9H2,1-2H3. The van der Waals surface area contributed by atoms with Gasteiger partial charge in [-0.1, -0.05) is 6.92 Å². The second kappa shape index (κ2) is 4.97. The summed E-state index contributed by atoms with van der Waals surface area (Å²) in [5.41, 5.74) is 1.43. The van der Waals surface area contributed by atoms with Crippen molar-refractivity contribution in [3.05, 3.63) is 16.1 Å². The fourth-order valence-corrected chi connectivity index (χ4v) is 4.06. The molecule has 1 aromatic heterocycles. The molecule has 0 spiro atoms. The molecule has 3 heterocycles. The number of rotatable bonds is 2. The minimum atomic E-state index is 0.623. The summed E-state index contributed by atoms with van der Waals surface area (Å²) < 4.78 is 3.62. The number of halogens is 1. The SMILES string of the molecule is CCN1CCC(c2nc(Br)c3n2C(C)CCC3)C1. The number of hydrogen-bond donors (Lipinski definition) is 0. The van der Waals surface area contributed by atoms with Crippen molar-refractivity contribution in [1.82, 2.24) is 14.5 Å². The minimum Gasteiger partial charge on any atom is -0.328 e. The van der Waals surface area contributed by atoms with Gasteiger partial charge in [-0.2, -0.15) is 0 Å². The third-order valence-electron chi connectivity index (χ3n) is 4.55. The van der Waals surface area contributed by atoms with Crippen molar-refractivity contribution in [2.75, 3.05) is 19.6 Å². The molecule has 1 saturated heterocycles. The first-order valence-corrected chi connectivity index (χ1v) is 7.98. The van der Waals surface area contributed by atoms with Crippen LogP contribution in [-0.2, 0) is 6.42 Å². The molecule has 1 aromatic rings. The molecule has 1 fully saturated rings. The van der Waals surface area contributed by atoms with E-state index in [4.69, 9.17) is 4.98 Å². The number of fused-ring (bicyclic) bond motifs is 1. The van der Waals surface area contributed by atoms with Gasteiger partial charge in [0.25, 0.3) is 0 Å². The monoisotopic (exact) mass is 311 g/mol. The highest BCUT2D eigenvalue weighted by Gasteiger charge is 2.31. The quantitative estimate of drug-likeness (QED) is 0.835. The van der Waals surface area contributed by atoms with Crippen molar-refractivity contribution in [1.29, 1.82) is 0 Å². The lowest BCUT2D eigenvalue weighted by atomic mass is 10.0. The Morgan fingerprint density at radius 2 is 2.22 bits per heavy atom. The number of hydrogen-bond acceptors (Lipinski definition) is 2. The Bertz CT molecular complexity index is 440. The number of nitrogens with zero attached hydrogens (tertiary/aromatic N) is 3. The summed E-state index contributed by atoms with van der Waals surface area (Å²) in [5, 5.41) is 0. The van der Waals surface area contributed by atoms with E-state index in [-0.39, 0.29) is 0 Å². The van der Waals surface area contributed by atoms with Gasteiger partial charge in [-0.15, -0.1) is 0 Å². The molecule has 0 radical (unpaired) electrons. The molecule has 0 N–H and O–H groups in total. The van der Waals surface area contributed by atoms with Gasteiger partial charge in [-0.25, -0.2) is 4.98 Å². The van der Waals surface area contributed by atoms with Crippen molar-refractivity contribution in [2.24, 2.45) is 0 Å². The summed E-state index contributed by atoms with van der Waals surface area (Å²) in [5.74, 6) is 1.97. The Morgan fingerprint density at radius 1 is 1.39 bits per heavy atom. The van der Waals surface area contributed by atoms with E-state index in [2.05, 4.69) is 39.2 Å². The first-order valence-electron chi connectivity index (χ1n) is 7.19. The van der Waals surface area contributed by atoms with Crippen LogP contribution in [0.2, 0.25) is 0 Å². The fourth-order valence-electron chi connectivity index (χ4n) is 3.48. The van der Waals surface area contributed by atoms with Gasteiger partial charge in [-0.3, -0.25) is 0 Å². The van der Waals surface area contributed by atoms with Gasteiger partial charge >= 0.3 is 0 Å². The lowest BCUT2D eigenvalue weighted by Gasteiger charge is -2.26. The Labute approximate surface area is 118 Å². The maximum absolute atomic E-state index is 4.85. The van der Waals surface area contributed by atoms with Crippen molar-refractivity contribution >= 4 is 15.9 Å². The van der Waals surface area contributed by atoms with E-state index in [1.807, 2.05) is 0 Å². The topological polar surface area (TPSA) is 21.1 Å². The zero-order chi connectivity index (χ0) is 12.7. The highest BCUT2D eigenvalue weighted by Crippen LogP contribution is 2.36. The van der Waals surface area contributed by atoms with Crippen LogP contribution in [0.5, 0.6) is 0 Å². The predicted molar refractivity (Wildman–Crippen MR) is 77.0 cm³/mol. The van der Waals surface area contributed by atoms with Gasteiger partial charge in [0.05, 0.1) is 5.69 Å². The number of likely N-dealkylation sites (N-methyl/N-ethyl adjacent to an activating group) is 1. The minimum absolute atomic E-state index is 0.623. The Hall–Kier alpha value is -0.350. The van der Waals surface area contributed by atoms with E-state index in [0.717, 1.165) is 4.60 Å². The average Bonchev–Trinajstić information content (AvgIpc) is 2.95. The predicted octanol–water partition coefficient (Wildman–Crippen LogP) is 3.35. The molecule has 4 heteroatoms. The van der Waals surface area contributed by atoms with E-state index in [1.54, 1.807) is 0 Å². The highest BCUT2D eigenvalue weighted by atomic mass is 79.9. The molecule has 2 aliphatic heterocycles. The zero-order valence-electron chi connectivity index (χ0n) is 11.3. The van der Waals surface area contributed by atoms with Crippen LogP contribution in [0.25, 0.3) is 0 Å². The van der Waals surface area contributed by atoms with Crippen LogP contribution in [0.1, 0.15) is 56.6 Å². The van der Waals surface area contributed by atoms with Crippen LogP contribution in [0.15, 0.2) is 4.60 Å². The summed E-state index contributed by atoms with van der Waals surface area (Å²) >= 11 is 3.66. The second-order valence-electron chi connectivity index (χ2n) is 5.70. The van der Waals surface area contributed by atoms with Crippen LogP contribution < -0.4 is 0 Å². The van der Waals surface area contributed by atoms with E-state index in [1.165, 1.54) is 56.8 Å². The molecule has 0 aliphatic carbocycles. The molecular weight excluding hydrogens is 290 g/mol. The molecule has 2 unspecified atom stereocenters. The molecule has 3 nitrogen and oxygen atoms in total. The summed E-state index contributed by atoms with van der Waals surface area (Å²) in [7, 11) is 0. The van der Waals surface area contributed by atoms with Crippen LogP contribution in [-0.4, -0.2) is 34.1 Å². The molecule has 2 atom stereocenters. The zero-order valence-corrected chi connectivity index (χ0v) is 12.9. The van der Waals surface area contributed by atoms with Crippen molar-refractivity contribution in [3.63, 3.8) is 0 Å². The normalized spacial score (nSPS) is 28.6. The number of likely N-dealkylation sites (tertiary alicyclic amines) is 1. The summed E-state index contributed by atoms with van der Waals surface area (Å²) in [6.07, 6.45) is 5.05. The van der Waals surface area contributed by atoms with E-state index < -0.39 is 0 Å². The van der Waals surface area contributed by atoms with Crippen molar-refractivity contribution in [3.8, 4) is 0 Å². The summed E-state index contributed by atoms with van der Waals surface area (Å²) in [4.78, 5) is 7.38. The lowest BCUT2D eigenvalue weighted by molar-refractivity contribution is 0.347. The number of aromatic nitrogens is 2. The molecule has 18 heavy (non-hydrogen) atoms. The highest BCUT2D eigenvalue weighted by molar-refractivity contribution is 9.10. The first kappa shape index (κ1) is 12.7. The van der Waals surface area contributed by atoms with E-state index in [9.17, 15) is 0 Å². The van der Waals surface area contributed by atoms with Gasteiger partial charge in [0.1, 0.15) is 10.4 Å². The molecule has 100 valence electrons. The van der Waals surface area contributed by atoms with Gasteiger partial charge in [0, 0.05) is 18.5 Å². The molecular formula is C14H22BrN3.